The molecule has 0 heterocycles. The monoisotopic (exact) mass is 281 g/mol. The molecular weight excluding hydrogens is 254 g/mol. The van der Waals surface area contributed by atoms with E-state index in [1.807, 2.05) is 37.9 Å². The molecule has 0 spiro atoms. The zero-order chi connectivity index (χ0) is 15.3. The summed E-state index contributed by atoms with van der Waals surface area (Å²) in [6.45, 7) is 8.77. The summed E-state index contributed by atoms with van der Waals surface area (Å²) >= 11 is 0. The summed E-state index contributed by atoms with van der Waals surface area (Å²) in [5.74, 6) is 0.784. The average Bonchev–Trinajstić information content (AvgIpc) is 2.22. The Morgan fingerprint density at radius 3 is 2.25 bits per heavy atom. The van der Waals surface area contributed by atoms with Crippen molar-refractivity contribution in [3.8, 4) is 5.75 Å². The highest BCUT2D eigenvalue weighted by atomic mass is 16.5. The van der Waals surface area contributed by atoms with E-state index in [2.05, 4.69) is 6.07 Å². The fraction of sp³-hybridized carbons (Fsp3) is 0.625. The van der Waals surface area contributed by atoms with Crippen molar-refractivity contribution in [1.29, 1.82) is 0 Å². The van der Waals surface area contributed by atoms with Crippen LogP contribution in [0.2, 0.25) is 0 Å². The van der Waals surface area contributed by atoms with Crippen LogP contribution in [0, 0.1) is 13.8 Å². The number of benzene rings is 1. The average molecular weight is 281 g/mol. The molecule has 0 bridgehead atoms. The fourth-order valence-electron chi connectivity index (χ4n) is 2.35. The molecule has 114 valence electrons. The van der Waals surface area contributed by atoms with Crippen molar-refractivity contribution in [3.63, 3.8) is 0 Å². The van der Waals surface area contributed by atoms with E-state index >= 15 is 0 Å². The Bertz CT molecular complexity index is 406. The molecule has 1 aromatic rings. The molecule has 4 heteroatoms. The highest BCUT2D eigenvalue weighted by molar-refractivity contribution is 5.32. The third-order valence-corrected chi connectivity index (χ3v) is 2.82. The summed E-state index contributed by atoms with van der Waals surface area (Å²) in [6, 6.07) is 6.00. The second kappa shape index (κ2) is 7.07. The minimum atomic E-state index is -0.761. The van der Waals surface area contributed by atoms with Crippen LogP contribution >= 0.6 is 0 Å². The molecule has 1 unspecified atom stereocenters. The molecule has 1 rings (SSSR count). The molecule has 1 atom stereocenters. The molecule has 1 aromatic carbocycles. The molecule has 4 nitrogen and oxygen atoms in total. The van der Waals surface area contributed by atoms with Gasteiger partial charge in [-0.15, -0.1) is 0 Å². The molecule has 0 fully saturated rings. The van der Waals surface area contributed by atoms with Gasteiger partial charge in [-0.05, 0) is 58.0 Å². The lowest BCUT2D eigenvalue weighted by atomic mass is 10.1. The lowest BCUT2D eigenvalue weighted by Gasteiger charge is -2.27. The van der Waals surface area contributed by atoms with Gasteiger partial charge in [0.25, 0.3) is 0 Å². The predicted octanol–water partition coefficient (Wildman–Crippen LogP) is 1.75. The first-order valence-electron chi connectivity index (χ1n) is 6.96. The number of rotatable bonds is 7. The van der Waals surface area contributed by atoms with E-state index in [0.717, 1.165) is 16.9 Å². The zero-order valence-electron chi connectivity index (χ0n) is 13.2. The van der Waals surface area contributed by atoms with Crippen LogP contribution in [0.3, 0.4) is 0 Å². The number of nitrogens with zero attached hydrogens (tertiary/aromatic N) is 1. The van der Waals surface area contributed by atoms with E-state index in [4.69, 9.17) is 4.74 Å². The Kier molecular flexibility index (Phi) is 5.99. The maximum Gasteiger partial charge on any atom is 0.119 e. The zero-order valence-corrected chi connectivity index (χ0v) is 13.2. The predicted molar refractivity (Wildman–Crippen MR) is 81.2 cm³/mol. The number of likely N-dealkylation sites (N-methyl/N-ethyl adjacent to an activating group) is 1. The molecule has 0 radical (unpaired) electrons. The maximum absolute atomic E-state index is 9.97. The van der Waals surface area contributed by atoms with Gasteiger partial charge in [-0.25, -0.2) is 0 Å². The van der Waals surface area contributed by atoms with Crippen LogP contribution in [-0.4, -0.2) is 53.6 Å². The van der Waals surface area contributed by atoms with Crippen molar-refractivity contribution in [2.24, 2.45) is 0 Å². The van der Waals surface area contributed by atoms with Crippen LogP contribution < -0.4 is 4.74 Å². The first-order valence-corrected chi connectivity index (χ1v) is 6.96. The molecular formula is C16H27NO3. The standard InChI is InChI=1S/C16H27NO3/c1-12-6-13(2)8-15(7-12)20-10-14(18)9-17(5)11-16(3,4)19/h6-8,14,18-19H,9-11H2,1-5H3. The topological polar surface area (TPSA) is 52.9 Å². The van der Waals surface area contributed by atoms with Gasteiger partial charge in [0.05, 0.1) is 5.60 Å². The summed E-state index contributed by atoms with van der Waals surface area (Å²) in [6.07, 6.45) is -0.580. The van der Waals surface area contributed by atoms with Gasteiger partial charge < -0.3 is 19.8 Å². The molecule has 2 N–H and O–H groups in total. The SMILES string of the molecule is Cc1cc(C)cc(OCC(O)CN(C)CC(C)(C)O)c1. The van der Waals surface area contributed by atoms with E-state index in [-0.39, 0.29) is 6.61 Å². The Hall–Kier alpha value is -1.10. The Morgan fingerprint density at radius 1 is 1.20 bits per heavy atom. The minimum Gasteiger partial charge on any atom is -0.491 e. The number of aliphatic hydroxyl groups excluding tert-OH is 1. The first kappa shape index (κ1) is 17.0. The van der Waals surface area contributed by atoms with E-state index in [0.29, 0.717) is 13.1 Å². The van der Waals surface area contributed by atoms with Gasteiger partial charge in [-0.3, -0.25) is 0 Å². The molecule has 0 saturated heterocycles. The van der Waals surface area contributed by atoms with Crippen LogP contribution in [0.1, 0.15) is 25.0 Å². The van der Waals surface area contributed by atoms with Crippen molar-refractivity contribution in [3.05, 3.63) is 29.3 Å². The van der Waals surface area contributed by atoms with E-state index < -0.39 is 11.7 Å². The van der Waals surface area contributed by atoms with Gasteiger partial charge in [0.15, 0.2) is 0 Å². The third kappa shape index (κ3) is 6.89. The normalized spacial score (nSPS) is 13.6. The quantitative estimate of drug-likeness (QED) is 0.799. The van der Waals surface area contributed by atoms with Crippen LogP contribution in [0.4, 0.5) is 0 Å². The lowest BCUT2D eigenvalue weighted by molar-refractivity contribution is 0.0194. The fourth-order valence-corrected chi connectivity index (χ4v) is 2.35. The molecule has 0 aliphatic carbocycles. The molecule has 0 aliphatic heterocycles. The summed E-state index contributed by atoms with van der Waals surface area (Å²) < 4.78 is 5.62. The van der Waals surface area contributed by atoms with Crippen molar-refractivity contribution in [2.75, 3.05) is 26.7 Å². The van der Waals surface area contributed by atoms with Crippen LogP contribution in [-0.2, 0) is 0 Å². The van der Waals surface area contributed by atoms with Crippen molar-refractivity contribution in [2.45, 2.75) is 39.4 Å². The highest BCUT2D eigenvalue weighted by Gasteiger charge is 2.17. The smallest absolute Gasteiger partial charge is 0.119 e. The number of ether oxygens (including phenoxy) is 1. The van der Waals surface area contributed by atoms with Crippen LogP contribution in [0.25, 0.3) is 0 Å². The van der Waals surface area contributed by atoms with Crippen molar-refractivity contribution in [1.82, 2.24) is 4.90 Å². The molecule has 0 aromatic heterocycles. The Labute approximate surface area is 122 Å². The van der Waals surface area contributed by atoms with Crippen LogP contribution in [0.15, 0.2) is 18.2 Å². The molecule has 20 heavy (non-hydrogen) atoms. The summed E-state index contributed by atoms with van der Waals surface area (Å²) in [5, 5.41) is 19.7. The molecule has 0 aliphatic rings. The van der Waals surface area contributed by atoms with Gasteiger partial charge in [0.1, 0.15) is 18.5 Å². The summed E-state index contributed by atoms with van der Waals surface area (Å²) in [5.41, 5.74) is 1.53. The van der Waals surface area contributed by atoms with E-state index in [1.165, 1.54) is 0 Å². The van der Waals surface area contributed by atoms with Gasteiger partial charge >= 0.3 is 0 Å². The molecule has 0 amide bonds. The Balaban J connectivity index is 2.41. The van der Waals surface area contributed by atoms with Crippen molar-refractivity contribution < 1.29 is 14.9 Å². The summed E-state index contributed by atoms with van der Waals surface area (Å²) in [4.78, 5) is 1.90. The van der Waals surface area contributed by atoms with Gasteiger partial charge in [-0.1, -0.05) is 6.07 Å². The van der Waals surface area contributed by atoms with E-state index in [9.17, 15) is 10.2 Å². The van der Waals surface area contributed by atoms with Gasteiger partial charge in [0.2, 0.25) is 0 Å². The first-order chi connectivity index (χ1) is 9.15. The highest BCUT2D eigenvalue weighted by Crippen LogP contribution is 2.16. The third-order valence-electron chi connectivity index (χ3n) is 2.82. The number of hydrogen-bond donors (Lipinski definition) is 2. The number of aliphatic hydroxyl groups is 2. The number of hydrogen-bond acceptors (Lipinski definition) is 4. The van der Waals surface area contributed by atoms with Gasteiger partial charge in [0, 0.05) is 13.1 Å². The summed E-state index contributed by atoms with van der Waals surface area (Å²) in [7, 11) is 1.87. The Morgan fingerprint density at radius 2 is 1.75 bits per heavy atom. The maximum atomic E-state index is 9.97. The number of aryl methyl sites for hydroxylation is 2. The van der Waals surface area contributed by atoms with Crippen LogP contribution in [0.5, 0.6) is 5.75 Å². The van der Waals surface area contributed by atoms with Gasteiger partial charge in [-0.2, -0.15) is 0 Å². The second-order valence-electron chi connectivity index (χ2n) is 6.30. The molecule has 0 saturated carbocycles. The second-order valence-corrected chi connectivity index (χ2v) is 6.30. The minimum absolute atomic E-state index is 0.249. The largest absolute Gasteiger partial charge is 0.491 e. The lowest BCUT2D eigenvalue weighted by Crippen LogP contribution is -2.41. The van der Waals surface area contributed by atoms with Crippen molar-refractivity contribution >= 4 is 0 Å². The van der Waals surface area contributed by atoms with E-state index in [1.54, 1.807) is 13.8 Å².